The Labute approximate surface area is 101 Å². The Kier molecular flexibility index (Phi) is 3.58. The molecule has 0 bridgehead atoms. The third-order valence-electron chi connectivity index (χ3n) is 2.81. The summed E-state index contributed by atoms with van der Waals surface area (Å²) in [6.07, 6.45) is 1.09. The predicted molar refractivity (Wildman–Crippen MR) is 65.1 cm³/mol. The van der Waals surface area contributed by atoms with Gasteiger partial charge in [-0.15, -0.1) is 0 Å². The van der Waals surface area contributed by atoms with Gasteiger partial charge in [-0.25, -0.2) is 0 Å². The van der Waals surface area contributed by atoms with Crippen LogP contribution in [-0.4, -0.2) is 60.2 Å². The highest BCUT2D eigenvalue weighted by molar-refractivity contribution is 5.36. The van der Waals surface area contributed by atoms with Gasteiger partial charge >= 0.3 is 6.01 Å². The Morgan fingerprint density at radius 2 is 1.94 bits per heavy atom. The molecule has 94 valence electrons. The third kappa shape index (κ3) is 2.94. The average molecular weight is 238 g/mol. The van der Waals surface area contributed by atoms with E-state index in [1.807, 2.05) is 0 Å². The summed E-state index contributed by atoms with van der Waals surface area (Å²) in [4.78, 5) is 16.7. The summed E-state index contributed by atoms with van der Waals surface area (Å²) in [7, 11) is 3.64. The second-order valence-corrected chi connectivity index (χ2v) is 4.12. The highest BCUT2D eigenvalue weighted by atomic mass is 16.5. The van der Waals surface area contributed by atoms with E-state index in [9.17, 15) is 0 Å². The van der Waals surface area contributed by atoms with Crippen molar-refractivity contribution in [1.82, 2.24) is 19.9 Å². The van der Waals surface area contributed by atoms with E-state index in [1.54, 1.807) is 0 Å². The lowest BCUT2D eigenvalue weighted by atomic mass is 10.4. The monoisotopic (exact) mass is 238 g/mol. The molecule has 7 nitrogen and oxygen atoms in total. The van der Waals surface area contributed by atoms with Gasteiger partial charge in [0.15, 0.2) is 0 Å². The van der Waals surface area contributed by atoms with E-state index in [4.69, 9.17) is 10.5 Å². The van der Waals surface area contributed by atoms with Gasteiger partial charge in [0.25, 0.3) is 0 Å². The SMILES string of the molecule is COc1nc(N)nc(N2CCCN(C)CC2)n1. The molecular weight excluding hydrogens is 220 g/mol. The number of methoxy groups -OCH3 is 1. The zero-order chi connectivity index (χ0) is 12.3. The maximum atomic E-state index is 5.63. The normalized spacial score (nSPS) is 17.9. The highest BCUT2D eigenvalue weighted by Crippen LogP contribution is 2.14. The molecule has 1 saturated heterocycles. The van der Waals surface area contributed by atoms with Crippen LogP contribution in [0.5, 0.6) is 6.01 Å². The lowest BCUT2D eigenvalue weighted by Crippen LogP contribution is -2.30. The largest absolute Gasteiger partial charge is 0.467 e. The molecule has 0 aliphatic carbocycles. The van der Waals surface area contributed by atoms with Crippen molar-refractivity contribution in [2.24, 2.45) is 0 Å². The van der Waals surface area contributed by atoms with Gasteiger partial charge in [-0.3, -0.25) is 0 Å². The lowest BCUT2D eigenvalue weighted by molar-refractivity contribution is 0.359. The summed E-state index contributed by atoms with van der Waals surface area (Å²) in [6, 6.07) is 0.269. The first-order valence-corrected chi connectivity index (χ1v) is 5.68. The molecule has 0 aromatic carbocycles. The molecular formula is C10H18N6O. The van der Waals surface area contributed by atoms with Crippen LogP contribution in [0.3, 0.4) is 0 Å². The summed E-state index contributed by atoms with van der Waals surface area (Å²) >= 11 is 0. The standard InChI is InChI=1S/C10H18N6O/c1-15-4-3-5-16(7-6-15)9-12-8(11)13-10(14-9)17-2/h3-7H2,1-2H3,(H2,11,12,13,14). The number of hydrogen-bond acceptors (Lipinski definition) is 7. The molecule has 1 aromatic rings. The van der Waals surface area contributed by atoms with Crippen LogP contribution in [0, 0.1) is 0 Å². The van der Waals surface area contributed by atoms with Gasteiger partial charge < -0.3 is 20.3 Å². The molecule has 0 spiro atoms. The first-order chi connectivity index (χ1) is 8.19. The zero-order valence-electron chi connectivity index (χ0n) is 10.3. The quantitative estimate of drug-likeness (QED) is 0.751. The number of likely N-dealkylation sites (N-methyl/N-ethyl adjacent to an activating group) is 1. The van der Waals surface area contributed by atoms with Gasteiger partial charge in [0.1, 0.15) is 0 Å². The van der Waals surface area contributed by atoms with Crippen LogP contribution in [0.4, 0.5) is 11.9 Å². The maximum absolute atomic E-state index is 5.63. The van der Waals surface area contributed by atoms with Gasteiger partial charge in [-0.05, 0) is 20.0 Å². The molecule has 2 N–H and O–H groups in total. The predicted octanol–water partition coefficient (Wildman–Crippen LogP) is -0.396. The summed E-state index contributed by atoms with van der Waals surface area (Å²) in [5.74, 6) is 0.800. The number of nitrogens with two attached hydrogens (primary N) is 1. The summed E-state index contributed by atoms with van der Waals surface area (Å²) < 4.78 is 5.00. The van der Waals surface area contributed by atoms with E-state index in [0.717, 1.165) is 32.6 Å². The van der Waals surface area contributed by atoms with Gasteiger partial charge in [-0.2, -0.15) is 15.0 Å². The molecule has 7 heteroatoms. The fourth-order valence-electron chi connectivity index (χ4n) is 1.84. The van der Waals surface area contributed by atoms with Gasteiger partial charge in [-0.1, -0.05) is 0 Å². The molecule has 1 fully saturated rings. The van der Waals surface area contributed by atoms with Crippen LogP contribution in [0.2, 0.25) is 0 Å². The molecule has 2 heterocycles. The minimum Gasteiger partial charge on any atom is -0.467 e. The number of anilines is 2. The second-order valence-electron chi connectivity index (χ2n) is 4.12. The first kappa shape index (κ1) is 11.8. The molecule has 2 rings (SSSR count). The maximum Gasteiger partial charge on any atom is 0.322 e. The number of nitrogens with zero attached hydrogens (tertiary/aromatic N) is 5. The van der Waals surface area contributed by atoms with Crippen LogP contribution in [0.1, 0.15) is 6.42 Å². The lowest BCUT2D eigenvalue weighted by Gasteiger charge is -2.20. The minimum absolute atomic E-state index is 0.199. The highest BCUT2D eigenvalue weighted by Gasteiger charge is 2.16. The van der Waals surface area contributed by atoms with Crippen LogP contribution in [0.25, 0.3) is 0 Å². The van der Waals surface area contributed by atoms with Crippen molar-refractivity contribution < 1.29 is 4.74 Å². The van der Waals surface area contributed by atoms with Crippen molar-refractivity contribution in [3.05, 3.63) is 0 Å². The topological polar surface area (TPSA) is 80.4 Å². The number of aromatic nitrogens is 3. The van der Waals surface area contributed by atoms with Crippen LogP contribution >= 0.6 is 0 Å². The Morgan fingerprint density at radius 1 is 1.12 bits per heavy atom. The fourth-order valence-corrected chi connectivity index (χ4v) is 1.84. The fraction of sp³-hybridized carbons (Fsp3) is 0.700. The first-order valence-electron chi connectivity index (χ1n) is 5.68. The van der Waals surface area contributed by atoms with Crippen molar-refractivity contribution in [3.8, 4) is 6.01 Å². The minimum atomic E-state index is 0.199. The van der Waals surface area contributed by atoms with Crippen molar-refractivity contribution in [3.63, 3.8) is 0 Å². The van der Waals surface area contributed by atoms with E-state index in [-0.39, 0.29) is 12.0 Å². The van der Waals surface area contributed by atoms with E-state index < -0.39 is 0 Å². The molecule has 0 radical (unpaired) electrons. The number of ether oxygens (including phenoxy) is 1. The molecule has 0 amide bonds. The van der Waals surface area contributed by atoms with Crippen molar-refractivity contribution in [2.45, 2.75) is 6.42 Å². The van der Waals surface area contributed by atoms with Gasteiger partial charge in [0.05, 0.1) is 7.11 Å². The average Bonchev–Trinajstić information content (AvgIpc) is 2.53. The molecule has 0 saturated carbocycles. The van der Waals surface area contributed by atoms with E-state index in [2.05, 4.69) is 31.8 Å². The summed E-state index contributed by atoms with van der Waals surface area (Å²) in [6.45, 7) is 3.90. The number of nitrogen functional groups attached to an aromatic ring is 1. The Balaban J connectivity index is 2.17. The molecule has 0 atom stereocenters. The molecule has 1 aliphatic heterocycles. The Bertz CT molecular complexity index is 385. The molecule has 17 heavy (non-hydrogen) atoms. The van der Waals surface area contributed by atoms with Crippen LogP contribution in [-0.2, 0) is 0 Å². The van der Waals surface area contributed by atoms with E-state index >= 15 is 0 Å². The number of hydrogen-bond donors (Lipinski definition) is 1. The van der Waals surface area contributed by atoms with Crippen molar-refractivity contribution in [1.29, 1.82) is 0 Å². The molecule has 0 unspecified atom stereocenters. The molecule has 1 aliphatic rings. The Hall–Kier alpha value is -1.63. The Morgan fingerprint density at radius 3 is 2.71 bits per heavy atom. The van der Waals surface area contributed by atoms with Crippen LogP contribution in [0.15, 0.2) is 0 Å². The zero-order valence-corrected chi connectivity index (χ0v) is 10.3. The molecule has 1 aromatic heterocycles. The van der Waals surface area contributed by atoms with E-state index in [0.29, 0.717) is 5.95 Å². The van der Waals surface area contributed by atoms with Gasteiger partial charge in [0.2, 0.25) is 11.9 Å². The van der Waals surface area contributed by atoms with Crippen molar-refractivity contribution >= 4 is 11.9 Å². The van der Waals surface area contributed by atoms with E-state index in [1.165, 1.54) is 7.11 Å². The summed E-state index contributed by atoms with van der Waals surface area (Å²) in [5.41, 5.74) is 5.63. The van der Waals surface area contributed by atoms with Crippen molar-refractivity contribution in [2.75, 3.05) is 51.0 Å². The smallest absolute Gasteiger partial charge is 0.322 e. The second kappa shape index (κ2) is 5.13. The van der Waals surface area contributed by atoms with Gasteiger partial charge in [0, 0.05) is 19.6 Å². The summed E-state index contributed by atoms with van der Waals surface area (Å²) in [5, 5.41) is 0. The third-order valence-corrected chi connectivity index (χ3v) is 2.81. The number of rotatable bonds is 2. The van der Waals surface area contributed by atoms with Crippen LogP contribution < -0.4 is 15.4 Å².